The molecule has 226 valence electrons. The van der Waals surface area contributed by atoms with Gasteiger partial charge in [-0.1, -0.05) is 25.0 Å². The van der Waals surface area contributed by atoms with Crippen LogP contribution in [-0.4, -0.2) is 65.6 Å². The molecule has 1 atom stereocenters. The molecule has 0 heterocycles. The maximum Gasteiger partial charge on any atom is 0.415 e. The first kappa shape index (κ1) is 33.3. The van der Waals surface area contributed by atoms with Gasteiger partial charge in [-0.05, 0) is 56.5 Å². The molecule has 13 heteroatoms. The number of nitro benzene ring substituents is 1. The fourth-order valence-electron chi connectivity index (χ4n) is 3.92. The van der Waals surface area contributed by atoms with E-state index in [0.717, 1.165) is 11.6 Å². The Kier molecular flexibility index (Phi) is 13.3. The molecule has 1 unspecified atom stereocenters. The Bertz CT molecular complexity index is 1140. The molecule has 2 aromatic carbocycles. The van der Waals surface area contributed by atoms with Gasteiger partial charge in [-0.3, -0.25) is 10.1 Å². The van der Waals surface area contributed by atoms with E-state index in [2.05, 4.69) is 0 Å². The number of unbranched alkanes of at least 4 members (excludes halogenated alkanes) is 3. The van der Waals surface area contributed by atoms with Gasteiger partial charge < -0.3 is 24.2 Å². The Labute approximate surface area is 236 Å². The van der Waals surface area contributed by atoms with Crippen LogP contribution >= 0.6 is 0 Å². The highest BCUT2D eigenvalue weighted by molar-refractivity contribution is 5.72. The highest BCUT2D eigenvalue weighted by Gasteiger charge is 2.26. The Morgan fingerprint density at radius 3 is 2.29 bits per heavy atom. The number of rotatable bonds is 17. The quantitative estimate of drug-likeness (QED) is 0.130. The van der Waals surface area contributed by atoms with Gasteiger partial charge in [0.05, 0.1) is 17.5 Å². The van der Waals surface area contributed by atoms with Crippen molar-refractivity contribution in [2.75, 3.05) is 26.3 Å². The van der Waals surface area contributed by atoms with Gasteiger partial charge in [0.2, 0.25) is 0 Å². The minimum atomic E-state index is -4.21. The van der Waals surface area contributed by atoms with E-state index in [0.29, 0.717) is 30.6 Å². The van der Waals surface area contributed by atoms with Crippen molar-refractivity contribution in [1.29, 1.82) is 0 Å². The number of hydrogen-bond donors (Lipinski definition) is 1. The lowest BCUT2D eigenvalue weighted by Gasteiger charge is -2.22. The third-order valence-electron chi connectivity index (χ3n) is 6.10. The Morgan fingerprint density at radius 1 is 1.02 bits per heavy atom. The fraction of sp³-hybridized carbons (Fsp3) is 0.500. The van der Waals surface area contributed by atoms with Gasteiger partial charge in [0.15, 0.2) is 6.10 Å². The van der Waals surface area contributed by atoms with Crippen LogP contribution in [0.15, 0.2) is 42.5 Å². The smallest absolute Gasteiger partial charge is 0.415 e. The zero-order chi connectivity index (χ0) is 30.4. The standard InChI is InChI=1S/C28H35F3N2O8/c1-3-39-25(26(34)35)18-21-9-12-22(13-10-21)40-17-16-32(15-7-5-4-6-14-28(29,30)31)27(36)41-23-11-8-20(2)24(19-23)33(37)38/h8-13,19,25H,3-7,14-18H2,1-2H3,(H,34,35). The zero-order valence-corrected chi connectivity index (χ0v) is 23.0. The third-order valence-corrected chi connectivity index (χ3v) is 6.10. The van der Waals surface area contributed by atoms with Crippen molar-refractivity contribution in [3.63, 3.8) is 0 Å². The third kappa shape index (κ3) is 12.5. The van der Waals surface area contributed by atoms with Gasteiger partial charge in [0, 0.05) is 31.6 Å². The Balaban J connectivity index is 1.98. The second-order valence-electron chi connectivity index (χ2n) is 9.32. The van der Waals surface area contributed by atoms with Crippen molar-refractivity contribution in [2.45, 2.75) is 64.7 Å². The van der Waals surface area contributed by atoms with Gasteiger partial charge in [-0.15, -0.1) is 0 Å². The van der Waals surface area contributed by atoms with E-state index in [1.807, 2.05) is 0 Å². The first-order chi connectivity index (χ1) is 19.4. The number of hydrogen-bond acceptors (Lipinski definition) is 7. The fourth-order valence-corrected chi connectivity index (χ4v) is 3.92. The second-order valence-corrected chi connectivity index (χ2v) is 9.32. The summed E-state index contributed by atoms with van der Waals surface area (Å²) in [4.78, 5) is 36.2. The van der Waals surface area contributed by atoms with Gasteiger partial charge in [0.1, 0.15) is 18.1 Å². The van der Waals surface area contributed by atoms with E-state index in [1.165, 1.54) is 17.0 Å². The molecule has 0 aliphatic rings. The first-order valence-electron chi connectivity index (χ1n) is 13.2. The highest BCUT2D eigenvalue weighted by atomic mass is 19.4. The molecule has 0 aromatic heterocycles. The van der Waals surface area contributed by atoms with Crippen LogP contribution in [-0.2, 0) is 16.0 Å². The number of halogens is 3. The van der Waals surface area contributed by atoms with E-state index < -0.39 is 35.7 Å². The van der Waals surface area contributed by atoms with E-state index in [4.69, 9.17) is 14.2 Å². The lowest BCUT2D eigenvalue weighted by atomic mass is 10.1. The number of benzene rings is 2. The predicted molar refractivity (Wildman–Crippen MR) is 143 cm³/mol. The summed E-state index contributed by atoms with van der Waals surface area (Å²) in [5.41, 5.74) is 0.941. The topological polar surface area (TPSA) is 128 Å². The van der Waals surface area contributed by atoms with Gasteiger partial charge in [-0.25, -0.2) is 9.59 Å². The molecule has 0 aliphatic carbocycles. The van der Waals surface area contributed by atoms with Crippen LogP contribution in [0.5, 0.6) is 11.5 Å². The second kappa shape index (κ2) is 16.4. The van der Waals surface area contributed by atoms with Crippen LogP contribution in [0.25, 0.3) is 0 Å². The molecule has 10 nitrogen and oxygen atoms in total. The SMILES string of the molecule is CCOC(Cc1ccc(OCCN(CCCCCCC(F)(F)F)C(=O)Oc2ccc(C)c([N+](=O)[O-])c2)cc1)C(=O)O. The molecule has 2 rings (SSSR count). The largest absolute Gasteiger partial charge is 0.492 e. The van der Waals surface area contributed by atoms with Crippen LogP contribution in [0.3, 0.4) is 0 Å². The number of carbonyl (C=O) groups is 2. The zero-order valence-electron chi connectivity index (χ0n) is 23.0. The van der Waals surface area contributed by atoms with Crippen molar-refractivity contribution < 1.29 is 47.0 Å². The summed E-state index contributed by atoms with van der Waals surface area (Å²) < 4.78 is 53.4. The summed E-state index contributed by atoms with van der Waals surface area (Å²) in [6.45, 7) is 3.88. The number of carboxylic acids is 1. The van der Waals surface area contributed by atoms with Crippen molar-refractivity contribution >= 4 is 17.7 Å². The molecule has 1 amide bonds. The van der Waals surface area contributed by atoms with Crippen LogP contribution in [0, 0.1) is 17.0 Å². The molecule has 0 aliphatic heterocycles. The average molecular weight is 585 g/mol. The lowest BCUT2D eigenvalue weighted by Crippen LogP contribution is -2.37. The van der Waals surface area contributed by atoms with Gasteiger partial charge in [0.25, 0.3) is 5.69 Å². The number of carboxylic acid groups (broad SMARTS) is 1. The van der Waals surface area contributed by atoms with Gasteiger partial charge in [-0.2, -0.15) is 13.2 Å². The van der Waals surface area contributed by atoms with Crippen LogP contribution < -0.4 is 9.47 Å². The molecule has 0 bridgehead atoms. The lowest BCUT2D eigenvalue weighted by molar-refractivity contribution is -0.385. The molecule has 0 radical (unpaired) electrons. The minimum Gasteiger partial charge on any atom is -0.492 e. The summed E-state index contributed by atoms with van der Waals surface area (Å²) in [5, 5.41) is 20.5. The Morgan fingerprint density at radius 2 is 1.68 bits per heavy atom. The van der Waals surface area contributed by atoms with Crippen LogP contribution in [0.1, 0.15) is 50.2 Å². The number of ether oxygens (including phenoxy) is 3. The van der Waals surface area contributed by atoms with Gasteiger partial charge >= 0.3 is 18.2 Å². The summed E-state index contributed by atoms with van der Waals surface area (Å²) in [5.74, 6) is -0.586. The molecule has 41 heavy (non-hydrogen) atoms. The highest BCUT2D eigenvalue weighted by Crippen LogP contribution is 2.25. The summed E-state index contributed by atoms with van der Waals surface area (Å²) in [6, 6.07) is 10.8. The number of aliphatic carboxylic acids is 1. The van der Waals surface area contributed by atoms with E-state index in [-0.39, 0.29) is 50.6 Å². The first-order valence-corrected chi connectivity index (χ1v) is 13.2. The van der Waals surface area contributed by atoms with Crippen molar-refractivity contribution in [2.24, 2.45) is 0 Å². The number of nitro groups is 1. The molecular weight excluding hydrogens is 549 g/mol. The number of aryl methyl sites for hydroxylation is 1. The normalized spacial score (nSPS) is 12.0. The van der Waals surface area contributed by atoms with Crippen LogP contribution in [0.4, 0.5) is 23.7 Å². The number of alkyl halides is 3. The summed E-state index contributed by atoms with van der Waals surface area (Å²) in [6.07, 6.45) is -5.37. The number of amides is 1. The maximum atomic E-state index is 12.9. The molecule has 1 N–H and O–H groups in total. The predicted octanol–water partition coefficient (Wildman–Crippen LogP) is 6.33. The molecular formula is C28H35F3N2O8. The summed E-state index contributed by atoms with van der Waals surface area (Å²) >= 11 is 0. The average Bonchev–Trinajstić information content (AvgIpc) is 2.90. The van der Waals surface area contributed by atoms with Crippen molar-refractivity contribution in [3.8, 4) is 11.5 Å². The number of carbonyl (C=O) groups excluding carboxylic acids is 1. The van der Waals surface area contributed by atoms with E-state index >= 15 is 0 Å². The summed E-state index contributed by atoms with van der Waals surface area (Å²) in [7, 11) is 0. The van der Waals surface area contributed by atoms with Crippen LogP contribution in [0.2, 0.25) is 0 Å². The van der Waals surface area contributed by atoms with E-state index in [9.17, 15) is 38.0 Å². The Hall–Kier alpha value is -3.87. The van der Waals surface area contributed by atoms with Crippen molar-refractivity contribution in [3.05, 3.63) is 63.7 Å². The van der Waals surface area contributed by atoms with Crippen molar-refractivity contribution in [1.82, 2.24) is 4.90 Å². The monoisotopic (exact) mass is 584 g/mol. The minimum absolute atomic E-state index is 0.00212. The number of nitrogens with zero attached hydrogens (tertiary/aromatic N) is 2. The molecule has 2 aromatic rings. The van der Waals surface area contributed by atoms with E-state index in [1.54, 1.807) is 38.1 Å². The molecule has 0 saturated heterocycles. The molecule has 0 spiro atoms. The molecule has 0 saturated carbocycles. The molecule has 0 fully saturated rings. The maximum absolute atomic E-state index is 12.9.